The highest BCUT2D eigenvalue weighted by Gasteiger charge is 2.11. The van der Waals surface area contributed by atoms with Crippen molar-refractivity contribution in [2.75, 3.05) is 20.2 Å². The molecule has 1 heterocycles. The Morgan fingerprint density at radius 2 is 2.40 bits per heavy atom. The van der Waals surface area contributed by atoms with Crippen molar-refractivity contribution in [1.82, 2.24) is 10.6 Å². The first kappa shape index (κ1) is 12.0. The van der Waals surface area contributed by atoms with Crippen molar-refractivity contribution >= 4 is 17.4 Å². The molecule has 0 bridgehead atoms. The average Bonchev–Trinajstić information content (AvgIpc) is 2.72. The van der Waals surface area contributed by atoms with Crippen LogP contribution in [0.1, 0.15) is 18.6 Å². The molecule has 2 amide bonds. The lowest BCUT2D eigenvalue weighted by molar-refractivity contribution is 0.104. The van der Waals surface area contributed by atoms with Crippen LogP contribution in [0.15, 0.2) is 16.8 Å². The Kier molecular flexibility index (Phi) is 5.14. The van der Waals surface area contributed by atoms with Gasteiger partial charge in [-0.3, -0.25) is 0 Å². The number of urea groups is 1. The smallest absolute Gasteiger partial charge is 0.314 e. The number of carbonyl (C=O) groups excluding carboxylic acids is 1. The van der Waals surface area contributed by atoms with Crippen LogP contribution in [0, 0.1) is 0 Å². The average molecular weight is 228 g/mol. The van der Waals surface area contributed by atoms with E-state index in [1.54, 1.807) is 18.4 Å². The number of hydrogen-bond acceptors (Lipinski definition) is 3. The second-order valence-corrected chi connectivity index (χ2v) is 3.80. The predicted molar refractivity (Wildman–Crippen MR) is 61.1 cm³/mol. The van der Waals surface area contributed by atoms with Gasteiger partial charge in [0.2, 0.25) is 0 Å². The highest BCUT2D eigenvalue weighted by atomic mass is 32.1. The van der Waals surface area contributed by atoms with Gasteiger partial charge in [-0.1, -0.05) is 0 Å². The van der Waals surface area contributed by atoms with Gasteiger partial charge in [-0.15, -0.1) is 0 Å². The van der Waals surface area contributed by atoms with Crippen molar-refractivity contribution in [2.45, 2.75) is 13.0 Å². The number of thiophene rings is 1. The number of hydrogen-bond donors (Lipinski definition) is 2. The van der Waals surface area contributed by atoms with Gasteiger partial charge in [0.15, 0.2) is 0 Å². The molecular weight excluding hydrogens is 212 g/mol. The molecule has 0 saturated heterocycles. The number of amides is 2. The number of methoxy groups -OCH3 is 1. The van der Waals surface area contributed by atoms with Crippen molar-refractivity contribution in [3.05, 3.63) is 22.4 Å². The van der Waals surface area contributed by atoms with Crippen LogP contribution in [0.3, 0.4) is 0 Å². The molecule has 5 heteroatoms. The summed E-state index contributed by atoms with van der Waals surface area (Å²) in [5, 5.41) is 9.43. The molecular formula is C10H16N2O2S. The van der Waals surface area contributed by atoms with Crippen molar-refractivity contribution in [1.29, 1.82) is 0 Å². The van der Waals surface area contributed by atoms with Crippen LogP contribution in [0.4, 0.5) is 4.79 Å². The first-order valence-electron chi connectivity index (χ1n) is 4.84. The summed E-state index contributed by atoms with van der Waals surface area (Å²) >= 11 is 1.62. The normalized spacial score (nSPS) is 12.1. The molecule has 1 aromatic rings. The van der Waals surface area contributed by atoms with Crippen LogP contribution in [-0.4, -0.2) is 26.2 Å². The van der Waals surface area contributed by atoms with Crippen molar-refractivity contribution < 1.29 is 9.53 Å². The van der Waals surface area contributed by atoms with Crippen LogP contribution >= 0.6 is 11.3 Å². The van der Waals surface area contributed by atoms with E-state index < -0.39 is 0 Å². The molecule has 0 fully saturated rings. The van der Waals surface area contributed by atoms with Crippen molar-refractivity contribution in [2.24, 2.45) is 0 Å². The second kappa shape index (κ2) is 6.42. The molecule has 0 aliphatic rings. The van der Waals surface area contributed by atoms with E-state index in [2.05, 4.69) is 10.6 Å². The number of ether oxygens (including phenoxy) is 1. The van der Waals surface area contributed by atoms with E-state index in [0.29, 0.717) is 13.1 Å². The zero-order chi connectivity index (χ0) is 11.1. The lowest BCUT2D eigenvalue weighted by Gasteiger charge is -2.14. The summed E-state index contributed by atoms with van der Waals surface area (Å²) in [6.07, 6.45) is -0.0705. The highest BCUT2D eigenvalue weighted by molar-refractivity contribution is 7.07. The molecule has 84 valence electrons. The number of carbonyl (C=O) groups is 1. The van der Waals surface area contributed by atoms with Crippen LogP contribution in [-0.2, 0) is 4.74 Å². The maximum absolute atomic E-state index is 11.2. The van der Waals surface area contributed by atoms with E-state index in [4.69, 9.17) is 4.74 Å². The molecule has 0 saturated carbocycles. The van der Waals surface area contributed by atoms with Crippen LogP contribution < -0.4 is 10.6 Å². The Morgan fingerprint density at radius 1 is 1.60 bits per heavy atom. The Balaban J connectivity index is 2.38. The fourth-order valence-electron chi connectivity index (χ4n) is 1.20. The summed E-state index contributed by atoms with van der Waals surface area (Å²) in [7, 11) is 1.64. The molecule has 0 spiro atoms. The van der Waals surface area contributed by atoms with E-state index in [-0.39, 0.29) is 12.1 Å². The topological polar surface area (TPSA) is 50.4 Å². The predicted octanol–water partition coefficient (Wildman–Crippen LogP) is 1.75. The van der Waals surface area contributed by atoms with Crippen molar-refractivity contribution in [3.63, 3.8) is 0 Å². The molecule has 0 aliphatic heterocycles. The molecule has 2 N–H and O–H groups in total. The number of nitrogens with one attached hydrogen (secondary N) is 2. The Hall–Kier alpha value is -1.07. The van der Waals surface area contributed by atoms with Gasteiger partial charge in [-0.05, 0) is 29.3 Å². The molecule has 0 aliphatic carbocycles. The maximum atomic E-state index is 11.2. The molecule has 15 heavy (non-hydrogen) atoms. The largest absolute Gasteiger partial charge is 0.375 e. The van der Waals surface area contributed by atoms with E-state index in [9.17, 15) is 4.79 Å². The first-order valence-corrected chi connectivity index (χ1v) is 5.78. The van der Waals surface area contributed by atoms with Gasteiger partial charge >= 0.3 is 6.03 Å². The van der Waals surface area contributed by atoms with Gasteiger partial charge in [0.25, 0.3) is 0 Å². The summed E-state index contributed by atoms with van der Waals surface area (Å²) in [6.45, 7) is 2.99. The third-order valence-corrected chi connectivity index (χ3v) is 2.69. The third kappa shape index (κ3) is 3.89. The molecule has 1 rings (SSSR count). The van der Waals surface area contributed by atoms with Gasteiger partial charge in [-0.25, -0.2) is 4.79 Å². The minimum Gasteiger partial charge on any atom is -0.375 e. The van der Waals surface area contributed by atoms with Crippen molar-refractivity contribution in [3.8, 4) is 0 Å². The van der Waals surface area contributed by atoms with Crippen LogP contribution in [0.5, 0.6) is 0 Å². The lowest BCUT2D eigenvalue weighted by atomic mass is 10.2. The summed E-state index contributed by atoms with van der Waals surface area (Å²) in [5.74, 6) is 0. The van der Waals surface area contributed by atoms with Crippen LogP contribution in [0.2, 0.25) is 0 Å². The van der Waals surface area contributed by atoms with Gasteiger partial charge in [0, 0.05) is 20.2 Å². The zero-order valence-corrected chi connectivity index (χ0v) is 9.76. The maximum Gasteiger partial charge on any atom is 0.314 e. The van der Waals surface area contributed by atoms with E-state index in [0.717, 1.165) is 5.56 Å². The fraction of sp³-hybridized carbons (Fsp3) is 0.500. The minimum atomic E-state index is -0.158. The van der Waals surface area contributed by atoms with Gasteiger partial charge in [-0.2, -0.15) is 11.3 Å². The van der Waals surface area contributed by atoms with Gasteiger partial charge < -0.3 is 15.4 Å². The fourth-order valence-corrected chi connectivity index (χ4v) is 1.91. The molecule has 1 atom stereocenters. The molecule has 4 nitrogen and oxygen atoms in total. The second-order valence-electron chi connectivity index (χ2n) is 3.02. The van der Waals surface area contributed by atoms with E-state index >= 15 is 0 Å². The van der Waals surface area contributed by atoms with E-state index in [1.165, 1.54) is 0 Å². The summed E-state index contributed by atoms with van der Waals surface area (Å²) in [4.78, 5) is 11.2. The number of rotatable bonds is 5. The Bertz CT molecular complexity index is 288. The highest BCUT2D eigenvalue weighted by Crippen LogP contribution is 2.18. The van der Waals surface area contributed by atoms with Crippen LogP contribution in [0.25, 0.3) is 0 Å². The standard InChI is InChI=1S/C10H16N2O2S/c1-3-11-10(13)12-6-9(14-2)8-4-5-15-7-8/h4-5,7,9H,3,6H2,1-2H3,(H2,11,12,13). The SMILES string of the molecule is CCNC(=O)NCC(OC)c1ccsc1. The monoisotopic (exact) mass is 228 g/mol. The molecule has 0 aromatic carbocycles. The van der Waals surface area contributed by atoms with Gasteiger partial charge in [0.05, 0.1) is 0 Å². The van der Waals surface area contributed by atoms with E-state index in [1.807, 2.05) is 23.8 Å². The molecule has 0 radical (unpaired) electrons. The third-order valence-electron chi connectivity index (χ3n) is 1.98. The zero-order valence-electron chi connectivity index (χ0n) is 8.95. The first-order chi connectivity index (χ1) is 7.27. The Labute approximate surface area is 93.6 Å². The summed E-state index contributed by atoms with van der Waals surface area (Å²) < 4.78 is 5.29. The summed E-state index contributed by atoms with van der Waals surface area (Å²) in [6, 6.07) is 1.84. The quantitative estimate of drug-likeness (QED) is 0.806. The molecule has 1 unspecified atom stereocenters. The minimum absolute atomic E-state index is 0.0705. The van der Waals surface area contributed by atoms with Gasteiger partial charge in [0.1, 0.15) is 6.10 Å². The molecule has 1 aromatic heterocycles. The Morgan fingerprint density at radius 3 is 2.93 bits per heavy atom. The lowest BCUT2D eigenvalue weighted by Crippen LogP contribution is -2.37. The summed E-state index contributed by atoms with van der Waals surface area (Å²) in [5.41, 5.74) is 1.10.